The Bertz CT molecular complexity index is 219. The number of carbonyl (C=O) groups is 2. The zero-order valence-corrected chi connectivity index (χ0v) is 7.97. The van der Waals surface area contributed by atoms with Crippen molar-refractivity contribution in [2.45, 2.75) is 25.0 Å². The van der Waals surface area contributed by atoms with Crippen LogP contribution in [0.5, 0.6) is 0 Å². The van der Waals surface area contributed by atoms with Crippen molar-refractivity contribution >= 4 is 11.9 Å². The highest BCUT2D eigenvalue weighted by molar-refractivity contribution is 5.91. The van der Waals surface area contributed by atoms with Crippen LogP contribution >= 0.6 is 0 Å². The first-order chi connectivity index (χ1) is 6.40. The molecule has 7 nitrogen and oxygen atoms in total. The van der Waals surface area contributed by atoms with Crippen LogP contribution < -0.4 is 22.9 Å². The number of ether oxygens (including phenoxy) is 1. The summed E-state index contributed by atoms with van der Waals surface area (Å²) >= 11 is 0. The standard InChI is InChI=1S/C7H16N4O3/c1-3(9)5(11)7(13)14-6(12)4(10)2-8/h3-5H,2,8-11H2,1H3/t3?,4?,5-/m0/s1. The van der Waals surface area contributed by atoms with Gasteiger partial charge in [-0.05, 0) is 6.92 Å². The van der Waals surface area contributed by atoms with Crippen LogP contribution in [0.15, 0.2) is 0 Å². The molecule has 0 radical (unpaired) electrons. The van der Waals surface area contributed by atoms with Gasteiger partial charge in [0.05, 0.1) is 0 Å². The lowest BCUT2D eigenvalue weighted by Gasteiger charge is -2.14. The first-order valence-corrected chi connectivity index (χ1v) is 4.12. The minimum atomic E-state index is -1.04. The van der Waals surface area contributed by atoms with Gasteiger partial charge < -0.3 is 27.7 Å². The molecule has 0 aromatic carbocycles. The molecule has 0 aliphatic heterocycles. The van der Waals surface area contributed by atoms with Gasteiger partial charge in [0.2, 0.25) is 0 Å². The lowest BCUT2D eigenvalue weighted by Crippen LogP contribution is -2.49. The summed E-state index contributed by atoms with van der Waals surface area (Å²) in [5.41, 5.74) is 21.0. The van der Waals surface area contributed by atoms with Gasteiger partial charge in [-0.3, -0.25) is 0 Å². The summed E-state index contributed by atoms with van der Waals surface area (Å²) in [7, 11) is 0. The van der Waals surface area contributed by atoms with E-state index in [-0.39, 0.29) is 6.54 Å². The van der Waals surface area contributed by atoms with Crippen molar-refractivity contribution in [3.63, 3.8) is 0 Å². The zero-order chi connectivity index (χ0) is 11.3. The Morgan fingerprint density at radius 1 is 1.21 bits per heavy atom. The van der Waals surface area contributed by atoms with Gasteiger partial charge in [-0.1, -0.05) is 0 Å². The second kappa shape index (κ2) is 5.66. The third kappa shape index (κ3) is 3.79. The Morgan fingerprint density at radius 3 is 2.07 bits per heavy atom. The number of nitrogens with two attached hydrogens (primary N) is 4. The number of hydrogen-bond acceptors (Lipinski definition) is 7. The van der Waals surface area contributed by atoms with Gasteiger partial charge in [0.15, 0.2) is 0 Å². The maximum absolute atomic E-state index is 11.1. The quantitative estimate of drug-likeness (QED) is 0.282. The van der Waals surface area contributed by atoms with Crippen LogP contribution in [-0.2, 0) is 14.3 Å². The molecule has 0 aliphatic carbocycles. The highest BCUT2D eigenvalue weighted by Gasteiger charge is 2.24. The van der Waals surface area contributed by atoms with E-state index in [0.717, 1.165) is 0 Å². The maximum atomic E-state index is 11.1. The number of esters is 2. The maximum Gasteiger partial charge on any atom is 0.332 e. The second-order valence-corrected chi connectivity index (χ2v) is 2.97. The van der Waals surface area contributed by atoms with Crippen molar-refractivity contribution in [2.24, 2.45) is 22.9 Å². The lowest BCUT2D eigenvalue weighted by atomic mass is 10.2. The summed E-state index contributed by atoms with van der Waals surface area (Å²) in [6, 6.07) is -2.65. The Balaban J connectivity index is 4.13. The molecule has 0 heterocycles. The van der Waals surface area contributed by atoms with Crippen LogP contribution in [0.3, 0.4) is 0 Å². The molecule has 0 bridgehead atoms. The molecule has 0 aromatic heterocycles. The summed E-state index contributed by atoms with van der Waals surface area (Å²) in [6.45, 7) is 1.43. The van der Waals surface area contributed by atoms with Crippen molar-refractivity contribution < 1.29 is 14.3 Å². The van der Waals surface area contributed by atoms with Gasteiger partial charge in [-0.25, -0.2) is 9.59 Å². The molecule has 0 rings (SSSR count). The van der Waals surface area contributed by atoms with Crippen LogP contribution in [0.2, 0.25) is 0 Å². The molecule has 0 spiro atoms. The van der Waals surface area contributed by atoms with Gasteiger partial charge in [0.25, 0.3) is 0 Å². The first kappa shape index (κ1) is 13.0. The van der Waals surface area contributed by atoms with Crippen molar-refractivity contribution in [1.82, 2.24) is 0 Å². The average molecular weight is 204 g/mol. The van der Waals surface area contributed by atoms with Gasteiger partial charge in [0.1, 0.15) is 12.1 Å². The molecule has 0 fully saturated rings. The van der Waals surface area contributed by atoms with E-state index in [1.165, 1.54) is 6.92 Å². The van der Waals surface area contributed by atoms with Crippen LogP contribution in [0.1, 0.15) is 6.92 Å². The zero-order valence-electron chi connectivity index (χ0n) is 7.97. The Hall–Kier alpha value is -1.02. The molecule has 0 aliphatic rings. The topological polar surface area (TPSA) is 147 Å². The molecule has 82 valence electrons. The molecule has 8 N–H and O–H groups in total. The molecule has 0 aromatic rings. The second-order valence-electron chi connectivity index (χ2n) is 2.97. The predicted octanol–water partition coefficient (Wildman–Crippen LogP) is -2.98. The fourth-order valence-corrected chi connectivity index (χ4v) is 0.554. The molecular formula is C7H16N4O3. The Kier molecular flexibility index (Phi) is 5.24. The summed E-state index contributed by atoms with van der Waals surface area (Å²) < 4.78 is 4.34. The predicted molar refractivity (Wildman–Crippen MR) is 49.8 cm³/mol. The number of hydrogen-bond donors (Lipinski definition) is 4. The minimum Gasteiger partial charge on any atom is -0.391 e. The molecule has 14 heavy (non-hydrogen) atoms. The molecule has 0 amide bonds. The van der Waals surface area contributed by atoms with E-state index in [2.05, 4.69) is 4.74 Å². The van der Waals surface area contributed by atoms with Gasteiger partial charge >= 0.3 is 11.9 Å². The summed E-state index contributed by atoms with van der Waals surface area (Å²) in [5, 5.41) is 0. The van der Waals surface area contributed by atoms with E-state index >= 15 is 0 Å². The largest absolute Gasteiger partial charge is 0.391 e. The number of carbonyl (C=O) groups excluding carboxylic acids is 2. The summed E-state index contributed by atoms with van der Waals surface area (Å²) in [6.07, 6.45) is 0. The fraction of sp³-hybridized carbons (Fsp3) is 0.714. The Labute approximate surface area is 81.7 Å². The lowest BCUT2D eigenvalue weighted by molar-refractivity contribution is -0.161. The van der Waals surface area contributed by atoms with Crippen molar-refractivity contribution in [3.05, 3.63) is 0 Å². The van der Waals surface area contributed by atoms with Gasteiger partial charge in [-0.15, -0.1) is 0 Å². The van der Waals surface area contributed by atoms with Crippen LogP contribution in [-0.4, -0.2) is 36.6 Å². The highest BCUT2D eigenvalue weighted by atomic mass is 16.6. The van der Waals surface area contributed by atoms with E-state index < -0.39 is 30.1 Å². The van der Waals surface area contributed by atoms with Crippen molar-refractivity contribution in [1.29, 1.82) is 0 Å². The monoisotopic (exact) mass is 204 g/mol. The molecular weight excluding hydrogens is 188 g/mol. The number of rotatable bonds is 4. The molecule has 7 heteroatoms. The summed E-state index contributed by atoms with van der Waals surface area (Å²) in [5.74, 6) is -1.79. The van der Waals surface area contributed by atoms with E-state index in [0.29, 0.717) is 0 Å². The molecule has 3 atom stereocenters. The average Bonchev–Trinajstić information content (AvgIpc) is 2.14. The van der Waals surface area contributed by atoms with Gasteiger partial charge in [0, 0.05) is 12.6 Å². The normalized spacial score (nSPS) is 16.9. The molecule has 0 saturated carbocycles. The van der Waals surface area contributed by atoms with E-state index in [1.807, 2.05) is 0 Å². The molecule has 2 unspecified atom stereocenters. The SMILES string of the molecule is CC(N)[C@H](N)C(=O)OC(=O)C(N)CN. The van der Waals surface area contributed by atoms with Gasteiger partial charge in [-0.2, -0.15) is 0 Å². The van der Waals surface area contributed by atoms with Crippen molar-refractivity contribution in [2.75, 3.05) is 6.54 Å². The smallest absolute Gasteiger partial charge is 0.332 e. The van der Waals surface area contributed by atoms with E-state index in [1.54, 1.807) is 0 Å². The fourth-order valence-electron chi connectivity index (χ4n) is 0.554. The van der Waals surface area contributed by atoms with E-state index in [4.69, 9.17) is 22.9 Å². The third-order valence-corrected chi connectivity index (χ3v) is 1.60. The van der Waals surface area contributed by atoms with Crippen LogP contribution in [0.25, 0.3) is 0 Å². The third-order valence-electron chi connectivity index (χ3n) is 1.60. The minimum absolute atomic E-state index is 0.0977. The van der Waals surface area contributed by atoms with E-state index in [9.17, 15) is 9.59 Å². The Morgan fingerprint density at radius 2 is 1.71 bits per heavy atom. The van der Waals surface area contributed by atoms with Crippen LogP contribution in [0, 0.1) is 0 Å². The summed E-state index contributed by atoms with van der Waals surface area (Å²) in [4.78, 5) is 22.0. The molecule has 0 saturated heterocycles. The van der Waals surface area contributed by atoms with Crippen molar-refractivity contribution in [3.8, 4) is 0 Å². The van der Waals surface area contributed by atoms with Crippen LogP contribution in [0.4, 0.5) is 0 Å². The highest BCUT2D eigenvalue weighted by Crippen LogP contribution is 1.92. The first-order valence-electron chi connectivity index (χ1n) is 4.12.